The Morgan fingerprint density at radius 2 is 2.13 bits per heavy atom. The zero-order valence-electron chi connectivity index (χ0n) is 15.8. The maximum absolute atomic E-state index is 12.7. The first-order valence-corrected chi connectivity index (χ1v) is 8.78. The molecule has 1 aromatic carbocycles. The molecule has 0 aliphatic rings. The van der Waals surface area contributed by atoms with Gasteiger partial charge in [0.15, 0.2) is 5.69 Å². The van der Waals surface area contributed by atoms with Crippen LogP contribution in [0.5, 0.6) is 0 Å². The average Bonchev–Trinajstić information content (AvgIpc) is 3.50. The van der Waals surface area contributed by atoms with Gasteiger partial charge in [-0.15, -0.1) is 5.10 Å². The van der Waals surface area contributed by atoms with Gasteiger partial charge in [-0.2, -0.15) is 9.78 Å². The monoisotopic (exact) mass is 407 g/mol. The van der Waals surface area contributed by atoms with Gasteiger partial charge in [0, 0.05) is 18.3 Å². The summed E-state index contributed by atoms with van der Waals surface area (Å²) in [6.45, 7) is 0.275. The number of amides is 1. The number of carbonyl (C=O) groups excluding carboxylic acids is 1. The van der Waals surface area contributed by atoms with Crippen LogP contribution < -0.4 is 16.1 Å². The third kappa shape index (κ3) is 3.87. The van der Waals surface area contributed by atoms with Crippen LogP contribution in [0.4, 0.5) is 11.5 Å². The lowest BCUT2D eigenvalue weighted by molar-refractivity contribution is 0.0949. The Morgan fingerprint density at radius 1 is 1.30 bits per heavy atom. The van der Waals surface area contributed by atoms with Crippen LogP contribution in [-0.2, 0) is 6.54 Å². The molecule has 4 rings (SSSR count). The smallest absolute Gasteiger partial charge is 0.293 e. The van der Waals surface area contributed by atoms with Crippen LogP contribution >= 0.6 is 0 Å². The standard InChI is InChI=1S/C18H17N9O3/c1-26(13-5-3-2-4-6-13)10-14-15(18(28)22-20-9-12-7-8-29-11-12)21-25-27(14)17-16(19)23-30-24-17/h2-9,11H,10H2,1H3,(H2,19,23)(H,22,28)/b20-9+. The number of rotatable bonds is 7. The third-order valence-corrected chi connectivity index (χ3v) is 4.18. The summed E-state index contributed by atoms with van der Waals surface area (Å²) in [5, 5.41) is 19.2. The number of carbonyl (C=O) groups is 1. The highest BCUT2D eigenvalue weighted by molar-refractivity contribution is 5.94. The van der Waals surface area contributed by atoms with E-state index in [1.807, 2.05) is 42.3 Å². The van der Waals surface area contributed by atoms with E-state index in [0.29, 0.717) is 11.3 Å². The van der Waals surface area contributed by atoms with Gasteiger partial charge in [0.05, 0.1) is 31.0 Å². The number of nitrogens with zero attached hydrogens (tertiary/aromatic N) is 7. The molecule has 0 saturated heterocycles. The summed E-state index contributed by atoms with van der Waals surface area (Å²) in [6.07, 6.45) is 4.44. The number of para-hydroxylation sites is 1. The van der Waals surface area contributed by atoms with Crippen molar-refractivity contribution in [2.45, 2.75) is 6.54 Å². The molecule has 0 radical (unpaired) electrons. The van der Waals surface area contributed by atoms with E-state index < -0.39 is 5.91 Å². The fourth-order valence-electron chi connectivity index (χ4n) is 2.69. The number of hydrogen-bond donors (Lipinski definition) is 2. The summed E-state index contributed by atoms with van der Waals surface area (Å²) in [5.74, 6) is -0.388. The van der Waals surface area contributed by atoms with Gasteiger partial charge in [-0.25, -0.2) is 10.1 Å². The highest BCUT2D eigenvalue weighted by Crippen LogP contribution is 2.20. The maximum Gasteiger partial charge on any atom is 0.293 e. The summed E-state index contributed by atoms with van der Waals surface area (Å²) in [5.41, 5.74) is 10.3. The van der Waals surface area contributed by atoms with Crippen molar-refractivity contribution in [1.82, 2.24) is 30.7 Å². The van der Waals surface area contributed by atoms with E-state index >= 15 is 0 Å². The Bertz CT molecular complexity index is 1150. The van der Waals surface area contributed by atoms with E-state index in [1.165, 1.54) is 23.4 Å². The number of benzene rings is 1. The minimum absolute atomic E-state index is 0.0217. The number of nitrogen functional groups attached to an aromatic ring is 1. The molecule has 152 valence electrons. The van der Waals surface area contributed by atoms with Crippen LogP contribution in [0, 0.1) is 0 Å². The summed E-state index contributed by atoms with van der Waals surface area (Å²) in [4.78, 5) is 14.6. The van der Waals surface area contributed by atoms with Gasteiger partial charge < -0.3 is 15.1 Å². The van der Waals surface area contributed by atoms with E-state index in [1.54, 1.807) is 6.07 Å². The lowest BCUT2D eigenvalue weighted by Gasteiger charge is -2.19. The van der Waals surface area contributed by atoms with Crippen molar-refractivity contribution < 1.29 is 13.8 Å². The van der Waals surface area contributed by atoms with Crippen LogP contribution in [-0.4, -0.2) is 44.5 Å². The Labute approximate surface area is 169 Å². The Morgan fingerprint density at radius 3 is 2.83 bits per heavy atom. The van der Waals surface area contributed by atoms with Crippen LogP contribution in [0.25, 0.3) is 5.82 Å². The van der Waals surface area contributed by atoms with Crippen molar-refractivity contribution >= 4 is 23.6 Å². The third-order valence-electron chi connectivity index (χ3n) is 4.18. The van der Waals surface area contributed by atoms with Crippen molar-refractivity contribution in [3.05, 3.63) is 65.9 Å². The molecule has 0 aliphatic carbocycles. The van der Waals surface area contributed by atoms with Gasteiger partial charge in [0.2, 0.25) is 11.6 Å². The minimum atomic E-state index is -0.549. The van der Waals surface area contributed by atoms with Gasteiger partial charge in [0.25, 0.3) is 5.91 Å². The molecule has 1 amide bonds. The van der Waals surface area contributed by atoms with E-state index in [4.69, 9.17) is 10.2 Å². The normalized spacial score (nSPS) is 11.1. The van der Waals surface area contributed by atoms with Crippen LogP contribution in [0.2, 0.25) is 0 Å². The zero-order chi connectivity index (χ0) is 20.9. The molecule has 0 spiro atoms. The van der Waals surface area contributed by atoms with Crippen molar-refractivity contribution in [1.29, 1.82) is 0 Å². The molecule has 4 aromatic rings. The second-order valence-corrected chi connectivity index (χ2v) is 6.22. The Kier molecular flexibility index (Phi) is 5.19. The minimum Gasteiger partial charge on any atom is -0.472 e. The zero-order valence-corrected chi connectivity index (χ0v) is 15.8. The van der Waals surface area contributed by atoms with Gasteiger partial charge >= 0.3 is 0 Å². The number of anilines is 2. The Balaban J connectivity index is 1.63. The SMILES string of the molecule is CN(Cc1c(C(=O)N/N=C/c2ccoc2)nnn1-c1nonc1N)c1ccccc1. The average molecular weight is 407 g/mol. The predicted octanol–water partition coefficient (Wildman–Crippen LogP) is 1.23. The molecule has 0 fully saturated rings. The topological polar surface area (TPSA) is 153 Å². The molecular formula is C18H17N9O3. The number of nitrogens with one attached hydrogen (secondary N) is 1. The van der Waals surface area contributed by atoms with Gasteiger partial charge in [-0.3, -0.25) is 4.79 Å². The molecule has 3 aromatic heterocycles. The van der Waals surface area contributed by atoms with E-state index in [2.05, 4.69) is 35.8 Å². The Hall–Kier alpha value is -4.48. The maximum atomic E-state index is 12.7. The first-order chi connectivity index (χ1) is 14.6. The van der Waals surface area contributed by atoms with Gasteiger partial charge in [-0.05, 0) is 28.5 Å². The number of hydrazone groups is 1. The van der Waals surface area contributed by atoms with Crippen molar-refractivity contribution in [2.24, 2.45) is 5.10 Å². The fraction of sp³-hybridized carbons (Fsp3) is 0.111. The van der Waals surface area contributed by atoms with Crippen molar-refractivity contribution in [3.8, 4) is 5.82 Å². The summed E-state index contributed by atoms with van der Waals surface area (Å²) < 4.78 is 10.9. The van der Waals surface area contributed by atoms with E-state index in [9.17, 15) is 4.79 Å². The number of nitrogens with two attached hydrogens (primary N) is 1. The highest BCUT2D eigenvalue weighted by Gasteiger charge is 2.25. The van der Waals surface area contributed by atoms with Crippen molar-refractivity contribution in [2.75, 3.05) is 17.7 Å². The first kappa shape index (κ1) is 18.9. The van der Waals surface area contributed by atoms with Crippen LogP contribution in [0.3, 0.4) is 0 Å². The van der Waals surface area contributed by atoms with Crippen molar-refractivity contribution in [3.63, 3.8) is 0 Å². The number of hydrogen-bond acceptors (Lipinski definition) is 10. The largest absolute Gasteiger partial charge is 0.472 e. The highest BCUT2D eigenvalue weighted by atomic mass is 16.6. The lowest BCUT2D eigenvalue weighted by atomic mass is 10.2. The van der Waals surface area contributed by atoms with E-state index in [-0.39, 0.29) is 23.9 Å². The molecular weight excluding hydrogens is 390 g/mol. The second-order valence-electron chi connectivity index (χ2n) is 6.22. The molecule has 12 nitrogen and oxygen atoms in total. The molecule has 30 heavy (non-hydrogen) atoms. The van der Waals surface area contributed by atoms with Crippen LogP contribution in [0.15, 0.2) is 63.1 Å². The summed E-state index contributed by atoms with van der Waals surface area (Å²) in [6, 6.07) is 11.3. The van der Waals surface area contributed by atoms with Gasteiger partial charge in [0.1, 0.15) is 0 Å². The van der Waals surface area contributed by atoms with Gasteiger partial charge in [-0.1, -0.05) is 23.4 Å². The molecule has 0 unspecified atom stereocenters. The number of aromatic nitrogens is 5. The lowest BCUT2D eigenvalue weighted by Crippen LogP contribution is -2.24. The second kappa shape index (κ2) is 8.26. The molecule has 0 bridgehead atoms. The summed E-state index contributed by atoms with van der Waals surface area (Å²) >= 11 is 0. The first-order valence-electron chi connectivity index (χ1n) is 8.78. The molecule has 0 saturated carbocycles. The molecule has 3 heterocycles. The fourth-order valence-corrected chi connectivity index (χ4v) is 2.69. The number of furan rings is 1. The summed E-state index contributed by atoms with van der Waals surface area (Å²) in [7, 11) is 1.87. The van der Waals surface area contributed by atoms with Crippen LogP contribution in [0.1, 0.15) is 21.7 Å². The quantitative estimate of drug-likeness (QED) is 0.340. The predicted molar refractivity (Wildman–Crippen MR) is 106 cm³/mol. The molecule has 0 aliphatic heterocycles. The molecule has 0 atom stereocenters. The molecule has 3 N–H and O–H groups in total. The van der Waals surface area contributed by atoms with E-state index in [0.717, 1.165) is 5.69 Å². The molecule has 12 heteroatoms.